The fourth-order valence-corrected chi connectivity index (χ4v) is 2.86. The number of fused-ring (bicyclic) bond motifs is 1. The summed E-state index contributed by atoms with van der Waals surface area (Å²) in [5, 5.41) is 4.55. The van der Waals surface area contributed by atoms with Gasteiger partial charge in [-0.15, -0.1) is 11.3 Å². The SMILES string of the molecule is COc1ccccc1NC(=O)COC(=O)Cc1cn2ccsc2n1. The Kier molecular flexibility index (Phi) is 4.76. The predicted octanol–water partition coefficient (Wildman–Crippen LogP) is 2.13. The van der Waals surface area contributed by atoms with Gasteiger partial charge < -0.3 is 14.8 Å². The van der Waals surface area contributed by atoms with Crippen molar-refractivity contribution in [2.75, 3.05) is 19.0 Å². The Balaban J connectivity index is 1.50. The first-order valence-corrected chi connectivity index (χ1v) is 8.03. The second kappa shape index (κ2) is 7.14. The summed E-state index contributed by atoms with van der Waals surface area (Å²) in [7, 11) is 1.51. The lowest BCUT2D eigenvalue weighted by atomic mass is 10.3. The molecule has 3 rings (SSSR count). The van der Waals surface area contributed by atoms with Crippen molar-refractivity contribution in [1.82, 2.24) is 9.38 Å². The van der Waals surface area contributed by atoms with Crippen LogP contribution in [-0.4, -0.2) is 35.0 Å². The molecule has 0 radical (unpaired) electrons. The summed E-state index contributed by atoms with van der Waals surface area (Å²) >= 11 is 1.48. The Labute approximate surface area is 141 Å². The van der Waals surface area contributed by atoms with E-state index >= 15 is 0 Å². The Morgan fingerprint density at radius 3 is 2.96 bits per heavy atom. The Bertz CT molecular complexity index is 842. The van der Waals surface area contributed by atoms with E-state index in [2.05, 4.69) is 10.3 Å². The lowest BCUT2D eigenvalue weighted by Crippen LogP contribution is -2.22. The molecule has 0 spiro atoms. The molecule has 0 saturated heterocycles. The number of esters is 1. The van der Waals surface area contributed by atoms with Crippen molar-refractivity contribution < 1.29 is 19.1 Å². The quantitative estimate of drug-likeness (QED) is 0.692. The molecule has 2 heterocycles. The summed E-state index contributed by atoms with van der Waals surface area (Å²) in [5.74, 6) is -0.398. The zero-order chi connectivity index (χ0) is 16.9. The van der Waals surface area contributed by atoms with Crippen molar-refractivity contribution >= 4 is 33.9 Å². The minimum absolute atomic E-state index is 0.0241. The van der Waals surface area contributed by atoms with E-state index in [9.17, 15) is 9.59 Å². The second-order valence-corrected chi connectivity index (χ2v) is 5.78. The number of anilines is 1. The molecule has 24 heavy (non-hydrogen) atoms. The molecule has 1 amide bonds. The van der Waals surface area contributed by atoms with Gasteiger partial charge in [0, 0.05) is 17.8 Å². The number of nitrogens with one attached hydrogen (secondary N) is 1. The largest absolute Gasteiger partial charge is 0.495 e. The molecule has 0 unspecified atom stereocenters. The van der Waals surface area contributed by atoms with E-state index in [0.29, 0.717) is 17.1 Å². The highest BCUT2D eigenvalue weighted by Gasteiger charge is 2.12. The van der Waals surface area contributed by atoms with Crippen LogP contribution in [0.25, 0.3) is 4.96 Å². The average Bonchev–Trinajstić information content (AvgIpc) is 3.15. The fourth-order valence-electron chi connectivity index (χ4n) is 2.14. The van der Waals surface area contributed by atoms with Crippen molar-refractivity contribution in [3.8, 4) is 5.75 Å². The Hall–Kier alpha value is -2.87. The molecule has 0 saturated carbocycles. The van der Waals surface area contributed by atoms with E-state index in [-0.39, 0.29) is 13.0 Å². The van der Waals surface area contributed by atoms with Crippen LogP contribution in [0.3, 0.4) is 0 Å². The van der Waals surface area contributed by atoms with Gasteiger partial charge in [-0.2, -0.15) is 0 Å². The van der Waals surface area contributed by atoms with E-state index < -0.39 is 11.9 Å². The average molecular weight is 345 g/mol. The number of thiazole rings is 1. The van der Waals surface area contributed by atoms with E-state index in [4.69, 9.17) is 9.47 Å². The van der Waals surface area contributed by atoms with Crippen LogP contribution in [0, 0.1) is 0 Å². The maximum absolute atomic E-state index is 11.9. The minimum atomic E-state index is -0.504. The van der Waals surface area contributed by atoms with Gasteiger partial charge in [0.05, 0.1) is 24.9 Å². The van der Waals surface area contributed by atoms with Crippen molar-refractivity contribution in [3.05, 3.63) is 47.7 Å². The lowest BCUT2D eigenvalue weighted by Gasteiger charge is -2.09. The summed E-state index contributed by atoms with van der Waals surface area (Å²) in [4.78, 5) is 28.8. The van der Waals surface area contributed by atoms with Gasteiger partial charge in [-0.1, -0.05) is 12.1 Å². The van der Waals surface area contributed by atoms with Crippen LogP contribution >= 0.6 is 11.3 Å². The van der Waals surface area contributed by atoms with Gasteiger partial charge in [0.15, 0.2) is 11.6 Å². The van der Waals surface area contributed by atoms with Crippen molar-refractivity contribution in [3.63, 3.8) is 0 Å². The number of hydrogen-bond donors (Lipinski definition) is 1. The third-order valence-corrected chi connectivity index (χ3v) is 3.98. The molecule has 2 aromatic heterocycles. The molecule has 0 aliphatic heterocycles. The number of para-hydroxylation sites is 2. The third-order valence-electron chi connectivity index (χ3n) is 3.21. The molecule has 0 fully saturated rings. The summed E-state index contributed by atoms with van der Waals surface area (Å²) in [6.07, 6.45) is 3.65. The van der Waals surface area contributed by atoms with Gasteiger partial charge in [0.25, 0.3) is 5.91 Å². The number of hydrogen-bond acceptors (Lipinski definition) is 6. The monoisotopic (exact) mass is 345 g/mol. The molecular formula is C16H15N3O4S. The first-order chi connectivity index (χ1) is 11.7. The van der Waals surface area contributed by atoms with Gasteiger partial charge in [-0.3, -0.25) is 14.0 Å². The van der Waals surface area contributed by atoms with Crippen LogP contribution in [0.1, 0.15) is 5.69 Å². The maximum atomic E-state index is 11.9. The standard InChI is InChI=1S/C16H15N3O4S/c1-22-13-5-3-2-4-12(13)18-14(20)10-23-15(21)8-11-9-19-6-7-24-16(19)17-11/h2-7,9H,8,10H2,1H3,(H,18,20). The van der Waals surface area contributed by atoms with Gasteiger partial charge >= 0.3 is 5.97 Å². The van der Waals surface area contributed by atoms with Crippen molar-refractivity contribution in [2.45, 2.75) is 6.42 Å². The molecule has 0 aliphatic rings. The van der Waals surface area contributed by atoms with Gasteiger partial charge in [0.2, 0.25) is 0 Å². The summed E-state index contributed by atoms with van der Waals surface area (Å²) in [6, 6.07) is 7.00. The smallest absolute Gasteiger partial charge is 0.312 e. The predicted molar refractivity (Wildman–Crippen MR) is 89.4 cm³/mol. The number of methoxy groups -OCH3 is 1. The number of aromatic nitrogens is 2. The number of ether oxygens (including phenoxy) is 2. The normalized spacial score (nSPS) is 10.5. The summed E-state index contributed by atoms with van der Waals surface area (Å²) in [6.45, 7) is -0.362. The molecule has 0 atom stereocenters. The number of benzene rings is 1. The van der Waals surface area contributed by atoms with Crippen LogP contribution in [0.4, 0.5) is 5.69 Å². The highest BCUT2D eigenvalue weighted by molar-refractivity contribution is 7.15. The summed E-state index contributed by atoms with van der Waals surface area (Å²) in [5.41, 5.74) is 1.13. The Morgan fingerprint density at radius 2 is 2.17 bits per heavy atom. The molecule has 8 heteroatoms. The number of rotatable bonds is 6. The van der Waals surface area contributed by atoms with Crippen molar-refractivity contribution in [2.24, 2.45) is 0 Å². The Morgan fingerprint density at radius 1 is 1.33 bits per heavy atom. The fraction of sp³-hybridized carbons (Fsp3) is 0.188. The van der Waals surface area contributed by atoms with Gasteiger partial charge in [-0.25, -0.2) is 4.98 Å². The first-order valence-electron chi connectivity index (χ1n) is 7.15. The first kappa shape index (κ1) is 16.0. The van der Waals surface area contributed by atoms with E-state index in [1.54, 1.807) is 30.5 Å². The van der Waals surface area contributed by atoms with Crippen molar-refractivity contribution in [1.29, 1.82) is 0 Å². The second-order valence-electron chi connectivity index (χ2n) is 4.91. The molecule has 0 bridgehead atoms. The molecule has 1 N–H and O–H groups in total. The van der Waals surface area contributed by atoms with Crippen LogP contribution < -0.4 is 10.1 Å². The van der Waals surface area contributed by atoms with Gasteiger partial charge in [0.1, 0.15) is 5.75 Å². The molecule has 3 aromatic rings. The van der Waals surface area contributed by atoms with E-state index in [1.807, 2.05) is 16.0 Å². The van der Waals surface area contributed by atoms with Crippen LogP contribution in [0.15, 0.2) is 42.0 Å². The molecule has 0 aliphatic carbocycles. The zero-order valence-corrected chi connectivity index (χ0v) is 13.7. The highest BCUT2D eigenvalue weighted by Crippen LogP contribution is 2.22. The number of carbonyl (C=O) groups excluding carboxylic acids is 2. The molecule has 1 aromatic carbocycles. The third kappa shape index (κ3) is 3.72. The molecule has 124 valence electrons. The number of carbonyl (C=O) groups is 2. The lowest BCUT2D eigenvalue weighted by molar-refractivity contribution is -0.146. The van der Waals surface area contributed by atoms with Gasteiger partial charge in [-0.05, 0) is 12.1 Å². The number of nitrogens with zero attached hydrogens (tertiary/aromatic N) is 2. The number of imidazole rings is 1. The number of amides is 1. The summed E-state index contributed by atoms with van der Waals surface area (Å²) < 4.78 is 12.0. The van der Waals surface area contributed by atoms with E-state index in [0.717, 1.165) is 4.96 Å². The maximum Gasteiger partial charge on any atom is 0.312 e. The van der Waals surface area contributed by atoms with Crippen LogP contribution in [-0.2, 0) is 20.7 Å². The topological polar surface area (TPSA) is 81.9 Å². The molecular weight excluding hydrogens is 330 g/mol. The van der Waals surface area contributed by atoms with E-state index in [1.165, 1.54) is 18.4 Å². The molecule has 7 nitrogen and oxygen atoms in total. The minimum Gasteiger partial charge on any atom is -0.495 e. The van der Waals surface area contributed by atoms with Crippen LogP contribution in [0.5, 0.6) is 5.75 Å². The van der Waals surface area contributed by atoms with Crippen LogP contribution in [0.2, 0.25) is 0 Å². The zero-order valence-electron chi connectivity index (χ0n) is 12.9. The highest BCUT2D eigenvalue weighted by atomic mass is 32.1.